The quantitative estimate of drug-likeness (QED) is 0.0369. The summed E-state index contributed by atoms with van der Waals surface area (Å²) in [6.07, 6.45) is 0.184. The van der Waals surface area contributed by atoms with Gasteiger partial charge in [-0.2, -0.15) is 0 Å². The van der Waals surface area contributed by atoms with Gasteiger partial charge in [-0.3, -0.25) is 9.69 Å². The number of aromatic amines is 1. The minimum absolute atomic E-state index is 0.182. The Balaban J connectivity index is 1.06. The molecule has 2 N–H and O–H groups in total. The first-order valence-corrected chi connectivity index (χ1v) is 25.4. The largest absolute Gasteiger partial charge is 0.484 e. The Morgan fingerprint density at radius 2 is 1.58 bits per heavy atom. The highest BCUT2D eigenvalue weighted by Crippen LogP contribution is 2.35. The highest BCUT2D eigenvalue weighted by atomic mass is 35.5. The Hall–Kier alpha value is -7.54. The Kier molecular flexibility index (Phi) is 18.6. The van der Waals surface area contributed by atoms with E-state index in [1.165, 1.54) is 23.8 Å². The van der Waals surface area contributed by atoms with Crippen LogP contribution in [0.15, 0.2) is 120 Å². The maximum absolute atomic E-state index is 13.8. The van der Waals surface area contributed by atoms with Crippen molar-refractivity contribution in [2.75, 3.05) is 37.6 Å². The summed E-state index contributed by atoms with van der Waals surface area (Å²) in [6, 6.07) is 35.4. The van der Waals surface area contributed by atoms with Crippen molar-refractivity contribution in [3.8, 4) is 28.3 Å². The molecule has 0 bridgehead atoms. The number of rotatable bonds is 22. The standard InChI is InChI=1S/C55H59ClN8O9S/c1-8-12-48-57-45(50(53(67)70-9-2)64(48)31-36-15-21-38(22-16-36)42-13-10-11-14-43(42)51-59-61-62-60-51)34-74-41-27-28-44(46(30-41)63(6)54(68)73-55(3,4)5)58-49(65)33-71-40-25-19-35(20-26-40)29-47(52(66)69-7)72-32-37-17-23-39(56)24-18-37/h10-11,13-28,30,47H,8-9,12,29,31-34H2,1-7H3,(H,58,65)(H,59,60,61,62). The van der Waals surface area contributed by atoms with Crippen LogP contribution in [0.1, 0.15) is 79.7 Å². The number of esters is 2. The fourth-order valence-corrected chi connectivity index (χ4v) is 8.80. The minimum Gasteiger partial charge on any atom is -0.484 e. The Bertz CT molecular complexity index is 3020. The van der Waals surface area contributed by atoms with E-state index in [9.17, 15) is 19.2 Å². The van der Waals surface area contributed by atoms with Crippen LogP contribution >= 0.6 is 23.4 Å². The molecule has 19 heteroatoms. The van der Waals surface area contributed by atoms with Gasteiger partial charge in [0, 0.05) is 47.7 Å². The summed E-state index contributed by atoms with van der Waals surface area (Å²) in [4.78, 5) is 60.5. The fourth-order valence-electron chi connectivity index (χ4n) is 7.81. The van der Waals surface area contributed by atoms with E-state index in [1.807, 2.05) is 71.3 Å². The van der Waals surface area contributed by atoms with Gasteiger partial charge < -0.3 is 33.6 Å². The molecule has 17 nitrogen and oxygen atoms in total. The third kappa shape index (κ3) is 14.6. The number of nitrogens with zero attached hydrogens (tertiary/aromatic N) is 6. The summed E-state index contributed by atoms with van der Waals surface area (Å²) in [5.74, 6) is 0.562. The number of nitrogens with one attached hydrogen (secondary N) is 2. The van der Waals surface area contributed by atoms with Crippen molar-refractivity contribution in [3.63, 3.8) is 0 Å². The molecule has 0 saturated heterocycles. The molecule has 2 amide bonds. The number of tetrazole rings is 1. The molecule has 0 aliphatic carbocycles. The Labute approximate surface area is 439 Å². The van der Waals surface area contributed by atoms with E-state index in [-0.39, 0.29) is 32.0 Å². The van der Waals surface area contributed by atoms with E-state index in [2.05, 4.69) is 32.9 Å². The maximum Gasteiger partial charge on any atom is 0.414 e. The van der Waals surface area contributed by atoms with Gasteiger partial charge in [-0.15, -0.1) is 16.9 Å². The van der Waals surface area contributed by atoms with Crippen molar-refractivity contribution in [2.45, 2.75) is 89.4 Å². The number of hydrogen-bond acceptors (Lipinski definition) is 14. The molecule has 7 aromatic rings. The van der Waals surface area contributed by atoms with Crippen LogP contribution in [0, 0.1) is 0 Å². The maximum atomic E-state index is 13.8. The summed E-state index contributed by atoms with van der Waals surface area (Å²) >= 11 is 7.42. The van der Waals surface area contributed by atoms with E-state index in [4.69, 9.17) is 40.3 Å². The smallest absolute Gasteiger partial charge is 0.414 e. The summed E-state index contributed by atoms with van der Waals surface area (Å²) in [5.41, 5.74) is 6.24. The zero-order chi connectivity index (χ0) is 52.8. The monoisotopic (exact) mass is 1040 g/mol. The van der Waals surface area contributed by atoms with Gasteiger partial charge in [-0.1, -0.05) is 91.3 Å². The normalized spacial score (nSPS) is 11.7. The fraction of sp³-hybridized carbons (Fsp3) is 0.309. The van der Waals surface area contributed by atoms with E-state index in [1.54, 1.807) is 83.3 Å². The van der Waals surface area contributed by atoms with E-state index in [0.29, 0.717) is 52.3 Å². The molecule has 2 heterocycles. The highest BCUT2D eigenvalue weighted by Gasteiger charge is 2.27. The number of hydrogen-bond donors (Lipinski definition) is 2. The van der Waals surface area contributed by atoms with Gasteiger partial charge in [0.1, 0.15) is 17.2 Å². The number of carbonyl (C=O) groups is 4. The van der Waals surface area contributed by atoms with Gasteiger partial charge in [0.05, 0.1) is 37.4 Å². The molecule has 0 radical (unpaired) electrons. The van der Waals surface area contributed by atoms with Crippen molar-refractivity contribution < 1.29 is 42.9 Å². The van der Waals surface area contributed by atoms with Crippen molar-refractivity contribution in [1.82, 2.24) is 30.2 Å². The molecule has 1 atom stereocenters. The van der Waals surface area contributed by atoms with Crippen molar-refractivity contribution >= 4 is 58.7 Å². The molecule has 2 aromatic heterocycles. The van der Waals surface area contributed by atoms with Gasteiger partial charge in [0.15, 0.2) is 24.2 Å². The van der Waals surface area contributed by atoms with Crippen LogP contribution in [-0.2, 0) is 60.3 Å². The second-order valence-electron chi connectivity index (χ2n) is 18.0. The first kappa shape index (κ1) is 54.2. The predicted molar refractivity (Wildman–Crippen MR) is 283 cm³/mol. The average Bonchev–Trinajstić information content (AvgIpc) is 4.05. The van der Waals surface area contributed by atoms with Gasteiger partial charge in [0.2, 0.25) is 0 Å². The number of anilines is 2. The summed E-state index contributed by atoms with van der Waals surface area (Å²) in [7, 11) is 2.88. The Morgan fingerprint density at radius 3 is 2.24 bits per heavy atom. The molecule has 0 fully saturated rings. The SMILES string of the molecule is CCCc1nc(CSc2ccc(NC(=O)COc3ccc(CC(OCc4ccc(Cl)cc4)C(=O)OC)cc3)c(N(C)C(=O)OC(C)(C)C)c2)c(C(=O)OCC)n1Cc1ccc(-c2ccccc2-c2nnn[nH]2)cc1. The lowest BCUT2D eigenvalue weighted by molar-refractivity contribution is -0.154. The van der Waals surface area contributed by atoms with Crippen LogP contribution in [0.3, 0.4) is 0 Å². The lowest BCUT2D eigenvalue weighted by atomic mass is 9.98. The Morgan fingerprint density at radius 1 is 0.878 bits per heavy atom. The molecular formula is C55H59ClN8O9S. The topological polar surface area (TPSA) is 202 Å². The molecule has 7 rings (SSSR count). The average molecular weight is 1040 g/mol. The minimum atomic E-state index is -0.854. The number of methoxy groups -OCH3 is 1. The second-order valence-corrected chi connectivity index (χ2v) is 19.5. The van der Waals surface area contributed by atoms with Gasteiger partial charge in [-0.05, 0) is 115 Å². The molecule has 0 spiro atoms. The number of amides is 2. The van der Waals surface area contributed by atoms with Crippen LogP contribution < -0.4 is 15.0 Å². The van der Waals surface area contributed by atoms with Crippen LogP contribution in [0.25, 0.3) is 22.5 Å². The van der Waals surface area contributed by atoms with Crippen LogP contribution in [0.4, 0.5) is 16.2 Å². The summed E-state index contributed by atoms with van der Waals surface area (Å²) in [6.45, 7) is 9.55. The summed E-state index contributed by atoms with van der Waals surface area (Å²) < 4.78 is 30.0. The lowest BCUT2D eigenvalue weighted by Gasteiger charge is -2.26. The first-order chi connectivity index (χ1) is 35.6. The van der Waals surface area contributed by atoms with Gasteiger partial charge in [-0.25, -0.2) is 24.5 Å². The molecule has 386 valence electrons. The number of halogens is 1. The van der Waals surface area contributed by atoms with E-state index >= 15 is 0 Å². The third-order valence-electron chi connectivity index (χ3n) is 11.4. The summed E-state index contributed by atoms with van der Waals surface area (Å²) in [5, 5.41) is 17.9. The number of aromatic nitrogens is 6. The van der Waals surface area contributed by atoms with Crippen LogP contribution in [-0.4, -0.2) is 93.2 Å². The number of benzene rings is 5. The van der Waals surface area contributed by atoms with Crippen LogP contribution in [0.2, 0.25) is 5.02 Å². The van der Waals surface area contributed by atoms with Crippen molar-refractivity contribution in [1.29, 1.82) is 0 Å². The van der Waals surface area contributed by atoms with Crippen molar-refractivity contribution in [3.05, 3.63) is 154 Å². The number of imidazole rings is 1. The molecule has 0 aliphatic rings. The molecule has 0 saturated carbocycles. The zero-order valence-corrected chi connectivity index (χ0v) is 43.9. The van der Waals surface area contributed by atoms with Gasteiger partial charge >= 0.3 is 18.0 Å². The molecule has 1 unspecified atom stereocenters. The number of H-pyrrole nitrogens is 1. The highest BCUT2D eigenvalue weighted by molar-refractivity contribution is 7.98. The zero-order valence-electron chi connectivity index (χ0n) is 42.3. The molecule has 0 aliphatic heterocycles. The van der Waals surface area contributed by atoms with Crippen LogP contribution in [0.5, 0.6) is 5.75 Å². The molecule has 74 heavy (non-hydrogen) atoms. The predicted octanol–water partition coefficient (Wildman–Crippen LogP) is 10.5. The van der Waals surface area contributed by atoms with E-state index < -0.39 is 35.6 Å². The third-order valence-corrected chi connectivity index (χ3v) is 12.6. The van der Waals surface area contributed by atoms with Gasteiger partial charge in [0.25, 0.3) is 5.91 Å². The second kappa shape index (κ2) is 25.4. The number of aryl methyl sites for hydroxylation is 1. The van der Waals surface area contributed by atoms with Crippen molar-refractivity contribution in [2.24, 2.45) is 0 Å². The number of thioether (sulfide) groups is 1. The molecule has 5 aromatic carbocycles. The lowest BCUT2D eigenvalue weighted by Crippen LogP contribution is -2.34. The number of ether oxygens (including phenoxy) is 5. The molecular weight excluding hydrogens is 984 g/mol. The van der Waals surface area contributed by atoms with E-state index in [0.717, 1.165) is 50.5 Å². The number of carbonyl (C=O) groups excluding carboxylic acids is 4. The first-order valence-electron chi connectivity index (χ1n) is 24.0.